The molecule has 106 valence electrons. The molecule has 0 aliphatic carbocycles. The zero-order chi connectivity index (χ0) is 13.9. The molecule has 0 aliphatic heterocycles. The van der Waals surface area contributed by atoms with Crippen LogP contribution in [0, 0.1) is 0 Å². The quantitative estimate of drug-likeness (QED) is 0.495. The fourth-order valence-corrected chi connectivity index (χ4v) is 1.86. The molecule has 0 radical (unpaired) electrons. The van der Waals surface area contributed by atoms with Gasteiger partial charge in [-0.1, -0.05) is 44.7 Å². The molecule has 19 heavy (non-hydrogen) atoms. The SMILES string of the molecule is CCCCCCCOc1ccccc1C(=O)OCC. The van der Waals surface area contributed by atoms with E-state index in [-0.39, 0.29) is 5.97 Å². The Labute approximate surface area is 115 Å². The van der Waals surface area contributed by atoms with E-state index in [9.17, 15) is 4.79 Å². The van der Waals surface area contributed by atoms with Crippen molar-refractivity contribution in [3.63, 3.8) is 0 Å². The predicted octanol–water partition coefficient (Wildman–Crippen LogP) is 4.21. The lowest BCUT2D eigenvalue weighted by molar-refractivity contribution is 0.0521. The molecule has 1 aromatic carbocycles. The minimum atomic E-state index is -0.316. The van der Waals surface area contributed by atoms with E-state index in [1.807, 2.05) is 18.2 Å². The first kappa shape index (κ1) is 15.5. The first-order chi connectivity index (χ1) is 9.29. The first-order valence-corrected chi connectivity index (χ1v) is 7.18. The van der Waals surface area contributed by atoms with Gasteiger partial charge in [-0.2, -0.15) is 0 Å². The fourth-order valence-electron chi connectivity index (χ4n) is 1.86. The Morgan fingerprint density at radius 3 is 2.53 bits per heavy atom. The van der Waals surface area contributed by atoms with Crippen molar-refractivity contribution in [2.45, 2.75) is 46.0 Å². The molecule has 0 atom stereocenters. The highest BCUT2D eigenvalue weighted by Gasteiger charge is 2.12. The van der Waals surface area contributed by atoms with E-state index < -0.39 is 0 Å². The minimum Gasteiger partial charge on any atom is -0.493 e. The number of rotatable bonds is 9. The van der Waals surface area contributed by atoms with Gasteiger partial charge in [0.15, 0.2) is 0 Å². The van der Waals surface area contributed by atoms with Crippen molar-refractivity contribution in [3.8, 4) is 5.75 Å². The predicted molar refractivity (Wildman–Crippen MR) is 76.7 cm³/mol. The van der Waals surface area contributed by atoms with Crippen molar-refractivity contribution in [3.05, 3.63) is 29.8 Å². The number of ether oxygens (including phenoxy) is 2. The number of benzene rings is 1. The Bertz CT molecular complexity index is 374. The number of para-hydroxylation sites is 1. The van der Waals surface area contributed by atoms with Gasteiger partial charge in [0, 0.05) is 0 Å². The van der Waals surface area contributed by atoms with E-state index in [0.29, 0.717) is 24.5 Å². The Morgan fingerprint density at radius 2 is 1.79 bits per heavy atom. The average molecular weight is 264 g/mol. The van der Waals surface area contributed by atoms with Crippen LogP contribution in [-0.2, 0) is 4.74 Å². The maximum Gasteiger partial charge on any atom is 0.341 e. The smallest absolute Gasteiger partial charge is 0.341 e. The number of carbonyl (C=O) groups excluding carboxylic acids is 1. The lowest BCUT2D eigenvalue weighted by Gasteiger charge is -2.10. The Balaban J connectivity index is 2.42. The van der Waals surface area contributed by atoms with Crippen molar-refractivity contribution < 1.29 is 14.3 Å². The zero-order valence-corrected chi connectivity index (χ0v) is 12.0. The van der Waals surface area contributed by atoms with Crippen LogP contribution in [0.15, 0.2) is 24.3 Å². The summed E-state index contributed by atoms with van der Waals surface area (Å²) in [6.07, 6.45) is 5.97. The summed E-state index contributed by atoms with van der Waals surface area (Å²) in [6, 6.07) is 7.25. The van der Waals surface area contributed by atoms with Crippen LogP contribution in [-0.4, -0.2) is 19.2 Å². The molecule has 3 nitrogen and oxygen atoms in total. The summed E-state index contributed by atoms with van der Waals surface area (Å²) in [5.41, 5.74) is 0.512. The van der Waals surface area contributed by atoms with Gasteiger partial charge in [-0.25, -0.2) is 4.79 Å². The number of hydrogen-bond acceptors (Lipinski definition) is 3. The molecule has 0 fully saturated rings. The van der Waals surface area contributed by atoms with Gasteiger partial charge < -0.3 is 9.47 Å². The van der Waals surface area contributed by atoms with Gasteiger partial charge >= 0.3 is 5.97 Å². The molecule has 0 bridgehead atoms. The van der Waals surface area contributed by atoms with Crippen LogP contribution in [0.25, 0.3) is 0 Å². The van der Waals surface area contributed by atoms with Crippen LogP contribution in [0.1, 0.15) is 56.3 Å². The zero-order valence-electron chi connectivity index (χ0n) is 12.0. The van der Waals surface area contributed by atoms with Gasteiger partial charge in [-0.3, -0.25) is 0 Å². The molecular formula is C16H24O3. The molecule has 0 saturated heterocycles. The van der Waals surface area contributed by atoms with Gasteiger partial charge in [0.2, 0.25) is 0 Å². The summed E-state index contributed by atoms with van der Waals surface area (Å²) in [5.74, 6) is 0.306. The molecule has 0 heterocycles. The summed E-state index contributed by atoms with van der Waals surface area (Å²) in [6.45, 7) is 5.03. The van der Waals surface area contributed by atoms with E-state index in [1.165, 1.54) is 25.7 Å². The van der Waals surface area contributed by atoms with E-state index in [0.717, 1.165) is 6.42 Å². The minimum absolute atomic E-state index is 0.316. The number of esters is 1. The van der Waals surface area contributed by atoms with Crippen LogP contribution in [0.3, 0.4) is 0 Å². The molecule has 3 heteroatoms. The summed E-state index contributed by atoms with van der Waals surface area (Å²) in [5, 5.41) is 0. The summed E-state index contributed by atoms with van der Waals surface area (Å²) in [7, 11) is 0. The summed E-state index contributed by atoms with van der Waals surface area (Å²) < 4.78 is 10.7. The van der Waals surface area contributed by atoms with Crippen molar-refractivity contribution in [1.29, 1.82) is 0 Å². The van der Waals surface area contributed by atoms with Crippen molar-refractivity contribution in [2.24, 2.45) is 0 Å². The van der Waals surface area contributed by atoms with Crippen molar-refractivity contribution in [1.82, 2.24) is 0 Å². The molecule has 0 amide bonds. The van der Waals surface area contributed by atoms with Gasteiger partial charge in [-0.05, 0) is 25.5 Å². The second kappa shape index (κ2) is 9.42. The fraction of sp³-hybridized carbons (Fsp3) is 0.562. The highest BCUT2D eigenvalue weighted by atomic mass is 16.5. The lowest BCUT2D eigenvalue weighted by atomic mass is 10.1. The second-order valence-electron chi connectivity index (χ2n) is 4.48. The molecule has 0 unspecified atom stereocenters. The molecule has 1 aromatic rings. The van der Waals surface area contributed by atoms with Gasteiger partial charge in [0.1, 0.15) is 11.3 Å². The number of carbonyl (C=O) groups is 1. The van der Waals surface area contributed by atoms with Crippen LogP contribution in [0.2, 0.25) is 0 Å². The van der Waals surface area contributed by atoms with Gasteiger partial charge in [0.25, 0.3) is 0 Å². The van der Waals surface area contributed by atoms with E-state index in [4.69, 9.17) is 9.47 Å². The van der Waals surface area contributed by atoms with Crippen LogP contribution in [0.5, 0.6) is 5.75 Å². The van der Waals surface area contributed by atoms with E-state index in [2.05, 4.69) is 6.92 Å². The maximum absolute atomic E-state index is 11.7. The molecular weight excluding hydrogens is 240 g/mol. The van der Waals surface area contributed by atoms with E-state index in [1.54, 1.807) is 13.0 Å². The Morgan fingerprint density at radius 1 is 1.05 bits per heavy atom. The standard InChI is InChI=1S/C16H24O3/c1-3-5-6-7-10-13-19-15-12-9-8-11-14(15)16(17)18-4-2/h8-9,11-12H,3-7,10,13H2,1-2H3. The lowest BCUT2D eigenvalue weighted by Crippen LogP contribution is -2.08. The highest BCUT2D eigenvalue weighted by molar-refractivity contribution is 5.92. The average Bonchev–Trinajstić information content (AvgIpc) is 2.43. The molecule has 0 aliphatic rings. The molecule has 0 saturated carbocycles. The molecule has 0 spiro atoms. The Hall–Kier alpha value is -1.51. The molecule has 1 rings (SSSR count). The highest BCUT2D eigenvalue weighted by Crippen LogP contribution is 2.19. The third kappa shape index (κ3) is 5.77. The maximum atomic E-state index is 11.7. The third-order valence-electron chi connectivity index (χ3n) is 2.89. The van der Waals surface area contributed by atoms with Gasteiger partial charge in [-0.15, -0.1) is 0 Å². The summed E-state index contributed by atoms with van der Waals surface area (Å²) in [4.78, 5) is 11.7. The molecule has 0 N–H and O–H groups in total. The van der Waals surface area contributed by atoms with Crippen LogP contribution < -0.4 is 4.74 Å². The van der Waals surface area contributed by atoms with E-state index >= 15 is 0 Å². The van der Waals surface area contributed by atoms with Crippen LogP contribution >= 0.6 is 0 Å². The number of hydrogen-bond donors (Lipinski definition) is 0. The Kier molecular flexibility index (Phi) is 7.71. The second-order valence-corrected chi connectivity index (χ2v) is 4.48. The summed E-state index contributed by atoms with van der Waals surface area (Å²) >= 11 is 0. The van der Waals surface area contributed by atoms with Crippen molar-refractivity contribution >= 4 is 5.97 Å². The molecule has 0 aromatic heterocycles. The third-order valence-corrected chi connectivity index (χ3v) is 2.89. The van der Waals surface area contributed by atoms with Crippen molar-refractivity contribution in [2.75, 3.05) is 13.2 Å². The largest absolute Gasteiger partial charge is 0.493 e. The first-order valence-electron chi connectivity index (χ1n) is 7.18. The normalized spacial score (nSPS) is 10.2. The van der Waals surface area contributed by atoms with Gasteiger partial charge in [0.05, 0.1) is 13.2 Å². The topological polar surface area (TPSA) is 35.5 Å². The van der Waals surface area contributed by atoms with Crippen LogP contribution in [0.4, 0.5) is 0 Å². The monoisotopic (exact) mass is 264 g/mol. The number of unbranched alkanes of at least 4 members (excludes halogenated alkanes) is 4.